The zero-order valence-corrected chi connectivity index (χ0v) is 16.5. The molecule has 6 heteroatoms. The first-order chi connectivity index (χ1) is 12.5. The maximum Gasteiger partial charge on any atom is 0.230 e. The smallest absolute Gasteiger partial charge is 0.230 e. The van der Waals surface area contributed by atoms with E-state index in [1.807, 2.05) is 26.2 Å². The lowest BCUT2D eigenvalue weighted by Crippen LogP contribution is -2.49. The van der Waals surface area contributed by atoms with Crippen molar-refractivity contribution in [1.82, 2.24) is 15.5 Å². The summed E-state index contributed by atoms with van der Waals surface area (Å²) in [4.78, 5) is 18.6. The third-order valence-electron chi connectivity index (χ3n) is 5.10. The van der Waals surface area contributed by atoms with Crippen molar-refractivity contribution in [2.75, 3.05) is 41.3 Å². The van der Waals surface area contributed by atoms with Crippen LogP contribution >= 0.6 is 0 Å². The molecule has 1 fully saturated rings. The lowest BCUT2D eigenvalue weighted by atomic mass is 9.84. The first-order valence-corrected chi connectivity index (χ1v) is 9.30. The Morgan fingerprint density at radius 2 is 1.85 bits per heavy atom. The van der Waals surface area contributed by atoms with Gasteiger partial charge in [-0.3, -0.25) is 9.79 Å². The van der Waals surface area contributed by atoms with E-state index in [1.54, 1.807) is 19.1 Å². The summed E-state index contributed by atoms with van der Waals surface area (Å²) in [6, 6.07) is 8.08. The number of carbonyl (C=O) groups is 1. The van der Waals surface area contributed by atoms with Crippen LogP contribution in [0.2, 0.25) is 0 Å². The zero-order valence-electron chi connectivity index (χ0n) is 16.5. The Bertz CT molecular complexity index is 605. The highest BCUT2D eigenvalue weighted by atomic mass is 16.5. The molecule has 1 saturated carbocycles. The van der Waals surface area contributed by atoms with Crippen LogP contribution < -0.4 is 15.4 Å². The van der Waals surface area contributed by atoms with E-state index in [-0.39, 0.29) is 11.3 Å². The lowest BCUT2D eigenvalue weighted by molar-refractivity contribution is -0.138. The van der Waals surface area contributed by atoms with Gasteiger partial charge >= 0.3 is 0 Å². The molecule has 0 aromatic heterocycles. The van der Waals surface area contributed by atoms with Gasteiger partial charge < -0.3 is 20.3 Å². The number of aliphatic imine (C=N–C) groups is 1. The van der Waals surface area contributed by atoms with Crippen LogP contribution in [0.5, 0.6) is 5.75 Å². The van der Waals surface area contributed by atoms with Gasteiger partial charge in [-0.15, -0.1) is 0 Å². The minimum Gasteiger partial charge on any atom is -0.497 e. The fourth-order valence-corrected chi connectivity index (χ4v) is 3.58. The van der Waals surface area contributed by atoms with Crippen LogP contribution in [0.3, 0.4) is 0 Å². The predicted octanol–water partition coefficient (Wildman–Crippen LogP) is 2.05. The summed E-state index contributed by atoms with van der Waals surface area (Å²) in [6.07, 6.45) is 5.02. The molecule has 0 saturated heterocycles. The number of amides is 1. The van der Waals surface area contributed by atoms with Crippen molar-refractivity contribution in [2.24, 2.45) is 10.4 Å². The maximum absolute atomic E-state index is 12.6. The van der Waals surface area contributed by atoms with E-state index in [2.05, 4.69) is 27.8 Å². The number of nitrogens with zero attached hydrogens (tertiary/aromatic N) is 2. The van der Waals surface area contributed by atoms with Gasteiger partial charge in [-0.1, -0.05) is 25.0 Å². The lowest BCUT2D eigenvalue weighted by Gasteiger charge is -2.31. The van der Waals surface area contributed by atoms with E-state index in [0.29, 0.717) is 6.54 Å². The molecule has 6 nitrogen and oxygen atoms in total. The number of hydrogen-bond acceptors (Lipinski definition) is 3. The first-order valence-electron chi connectivity index (χ1n) is 9.30. The van der Waals surface area contributed by atoms with Crippen LogP contribution in [0.4, 0.5) is 0 Å². The predicted molar refractivity (Wildman–Crippen MR) is 106 cm³/mol. The molecule has 1 aromatic rings. The average Bonchev–Trinajstić information content (AvgIpc) is 3.14. The minimum absolute atomic E-state index is 0.219. The van der Waals surface area contributed by atoms with Crippen LogP contribution in [-0.2, 0) is 11.2 Å². The van der Waals surface area contributed by atoms with Gasteiger partial charge in [-0.2, -0.15) is 0 Å². The number of carbonyl (C=O) groups excluding carboxylic acids is 1. The molecule has 0 radical (unpaired) electrons. The topological polar surface area (TPSA) is 66.0 Å². The summed E-state index contributed by atoms with van der Waals surface area (Å²) in [7, 11) is 7.11. The molecule has 0 atom stereocenters. The summed E-state index contributed by atoms with van der Waals surface area (Å²) in [5.74, 6) is 1.83. The standard InChI is InChI=1S/C20H32N4O2/c1-21-19(22-14-11-16-7-9-17(26-4)10-8-16)23-15-20(12-5-6-13-20)18(25)24(2)3/h7-10H,5-6,11-15H2,1-4H3,(H2,21,22,23). The first kappa shape index (κ1) is 20.1. The number of guanidine groups is 1. The molecule has 26 heavy (non-hydrogen) atoms. The average molecular weight is 361 g/mol. The summed E-state index contributed by atoms with van der Waals surface area (Å²) in [5, 5.41) is 6.70. The fourth-order valence-electron chi connectivity index (χ4n) is 3.58. The van der Waals surface area contributed by atoms with Gasteiger partial charge in [0, 0.05) is 34.2 Å². The van der Waals surface area contributed by atoms with Crippen molar-refractivity contribution in [1.29, 1.82) is 0 Å². The Morgan fingerprint density at radius 1 is 1.19 bits per heavy atom. The van der Waals surface area contributed by atoms with E-state index < -0.39 is 0 Å². The Kier molecular flexibility index (Phi) is 7.30. The Hall–Kier alpha value is -2.24. The zero-order chi connectivity index (χ0) is 19.0. The molecular weight excluding hydrogens is 328 g/mol. The number of hydrogen-bond donors (Lipinski definition) is 2. The molecule has 0 spiro atoms. The van der Waals surface area contributed by atoms with E-state index in [9.17, 15) is 4.79 Å². The summed E-state index contributed by atoms with van der Waals surface area (Å²) in [6.45, 7) is 1.41. The maximum atomic E-state index is 12.6. The number of benzene rings is 1. The molecule has 0 unspecified atom stereocenters. The molecule has 0 bridgehead atoms. The molecule has 2 rings (SSSR count). The molecule has 1 aromatic carbocycles. The Labute approximate surface area is 157 Å². The number of ether oxygens (including phenoxy) is 1. The number of methoxy groups -OCH3 is 1. The van der Waals surface area contributed by atoms with Crippen molar-refractivity contribution in [2.45, 2.75) is 32.1 Å². The van der Waals surface area contributed by atoms with Crippen LogP contribution in [0.1, 0.15) is 31.2 Å². The second kappa shape index (κ2) is 9.46. The number of nitrogens with one attached hydrogen (secondary N) is 2. The molecular formula is C20H32N4O2. The highest BCUT2D eigenvalue weighted by molar-refractivity contribution is 5.85. The number of rotatable bonds is 7. The van der Waals surface area contributed by atoms with Crippen molar-refractivity contribution in [3.8, 4) is 5.75 Å². The molecule has 144 valence electrons. The summed E-state index contributed by atoms with van der Waals surface area (Å²) in [5.41, 5.74) is 0.945. The van der Waals surface area contributed by atoms with E-state index in [1.165, 1.54) is 5.56 Å². The molecule has 1 amide bonds. The molecule has 1 aliphatic rings. The third-order valence-corrected chi connectivity index (χ3v) is 5.10. The van der Waals surface area contributed by atoms with Gasteiger partial charge in [-0.05, 0) is 37.0 Å². The van der Waals surface area contributed by atoms with Crippen molar-refractivity contribution >= 4 is 11.9 Å². The monoisotopic (exact) mass is 360 g/mol. The SMILES string of the molecule is CN=C(NCCc1ccc(OC)cc1)NCC1(C(=O)N(C)C)CCCC1. The second-order valence-corrected chi connectivity index (χ2v) is 7.14. The van der Waals surface area contributed by atoms with Gasteiger partial charge in [0.2, 0.25) is 5.91 Å². The highest BCUT2D eigenvalue weighted by Gasteiger charge is 2.42. The van der Waals surface area contributed by atoms with Crippen molar-refractivity contribution in [3.05, 3.63) is 29.8 Å². The van der Waals surface area contributed by atoms with Crippen LogP contribution in [0, 0.1) is 5.41 Å². The minimum atomic E-state index is -0.295. The van der Waals surface area contributed by atoms with Crippen molar-refractivity contribution in [3.63, 3.8) is 0 Å². The largest absolute Gasteiger partial charge is 0.497 e. The highest BCUT2D eigenvalue weighted by Crippen LogP contribution is 2.38. The van der Waals surface area contributed by atoms with Crippen molar-refractivity contribution < 1.29 is 9.53 Å². The third kappa shape index (κ3) is 5.13. The summed E-state index contributed by atoms with van der Waals surface area (Å²) < 4.78 is 5.18. The van der Waals surface area contributed by atoms with Gasteiger partial charge in [0.25, 0.3) is 0 Å². The summed E-state index contributed by atoms with van der Waals surface area (Å²) >= 11 is 0. The van der Waals surface area contributed by atoms with Gasteiger partial charge in [0.05, 0.1) is 12.5 Å². The second-order valence-electron chi connectivity index (χ2n) is 7.14. The van der Waals surface area contributed by atoms with E-state index in [4.69, 9.17) is 4.74 Å². The Balaban J connectivity index is 1.83. The van der Waals surface area contributed by atoms with Gasteiger partial charge in [-0.25, -0.2) is 0 Å². The van der Waals surface area contributed by atoms with Gasteiger partial charge in [0.15, 0.2) is 5.96 Å². The quantitative estimate of drug-likeness (QED) is 0.577. The molecule has 0 aliphatic heterocycles. The van der Waals surface area contributed by atoms with Crippen LogP contribution in [0.25, 0.3) is 0 Å². The van der Waals surface area contributed by atoms with Crippen LogP contribution in [0.15, 0.2) is 29.3 Å². The normalized spacial score (nSPS) is 16.2. The molecule has 0 heterocycles. The Morgan fingerprint density at radius 3 is 2.38 bits per heavy atom. The van der Waals surface area contributed by atoms with E-state index in [0.717, 1.165) is 50.4 Å². The fraction of sp³-hybridized carbons (Fsp3) is 0.600. The molecule has 2 N–H and O–H groups in total. The molecule has 1 aliphatic carbocycles. The van der Waals surface area contributed by atoms with E-state index >= 15 is 0 Å². The van der Waals surface area contributed by atoms with Crippen LogP contribution in [-0.4, -0.2) is 58.1 Å². The van der Waals surface area contributed by atoms with Gasteiger partial charge in [0.1, 0.15) is 5.75 Å².